The van der Waals surface area contributed by atoms with E-state index in [9.17, 15) is 0 Å². The van der Waals surface area contributed by atoms with Crippen LogP contribution in [0.1, 0.15) is 6.92 Å². The van der Waals surface area contributed by atoms with Gasteiger partial charge in [0, 0.05) is 10.3 Å². The minimum Gasteiger partial charge on any atom is -0.453 e. The van der Waals surface area contributed by atoms with Gasteiger partial charge in [-0.3, -0.25) is 0 Å². The normalized spacial score (nSPS) is 10.8. The van der Waals surface area contributed by atoms with Crippen LogP contribution in [-0.2, 0) is 0 Å². The average Bonchev–Trinajstić information content (AvgIpc) is 2.51. The number of hydrogen-bond donors (Lipinski definition) is 0. The molecule has 0 saturated heterocycles. The molecule has 2 aromatic rings. The second kappa shape index (κ2) is 3.23. The van der Waals surface area contributed by atoms with E-state index in [1.807, 2.05) is 17.8 Å². The van der Waals surface area contributed by atoms with Gasteiger partial charge in [0.15, 0.2) is 6.26 Å². The summed E-state index contributed by atoms with van der Waals surface area (Å²) < 4.78 is 5.17. The third kappa shape index (κ3) is 1.34. The summed E-state index contributed by atoms with van der Waals surface area (Å²) in [5.74, 6) is 1.09. The first-order valence-corrected chi connectivity index (χ1v) is 4.91. The van der Waals surface area contributed by atoms with Gasteiger partial charge >= 0.3 is 0 Å². The summed E-state index contributed by atoms with van der Waals surface area (Å²) in [7, 11) is 0. The molecule has 2 heteroatoms. The van der Waals surface area contributed by atoms with Crippen molar-refractivity contribution in [3.8, 4) is 0 Å². The Morgan fingerprint density at radius 1 is 1.50 bits per heavy atom. The maximum Gasteiger partial charge on any atom is 0.170 e. The van der Waals surface area contributed by atoms with Crippen molar-refractivity contribution in [3.63, 3.8) is 0 Å². The van der Waals surface area contributed by atoms with Crippen molar-refractivity contribution in [2.75, 3.05) is 5.75 Å². The van der Waals surface area contributed by atoms with Crippen LogP contribution < -0.4 is 0 Å². The van der Waals surface area contributed by atoms with Crippen molar-refractivity contribution < 1.29 is 4.42 Å². The zero-order chi connectivity index (χ0) is 8.39. The van der Waals surface area contributed by atoms with Crippen molar-refractivity contribution in [3.05, 3.63) is 30.5 Å². The van der Waals surface area contributed by atoms with Crippen LogP contribution in [0.25, 0.3) is 11.0 Å². The van der Waals surface area contributed by atoms with Crippen molar-refractivity contribution >= 4 is 22.7 Å². The van der Waals surface area contributed by atoms with Crippen LogP contribution in [0.5, 0.6) is 0 Å². The van der Waals surface area contributed by atoms with E-state index >= 15 is 0 Å². The third-order valence-electron chi connectivity index (χ3n) is 1.68. The van der Waals surface area contributed by atoms with Crippen molar-refractivity contribution in [2.45, 2.75) is 11.8 Å². The molecule has 0 N–H and O–H groups in total. The molecule has 0 aliphatic heterocycles. The van der Waals surface area contributed by atoms with Gasteiger partial charge in [-0.1, -0.05) is 6.92 Å². The van der Waals surface area contributed by atoms with Gasteiger partial charge in [-0.25, -0.2) is 0 Å². The summed E-state index contributed by atoms with van der Waals surface area (Å²) in [6.07, 6.45) is 2.72. The monoisotopic (exact) mass is 177 g/mol. The molecule has 2 rings (SSSR count). The Kier molecular flexibility index (Phi) is 2.09. The summed E-state index contributed by atoms with van der Waals surface area (Å²) in [5, 5.41) is 1.12. The number of hydrogen-bond acceptors (Lipinski definition) is 2. The minimum atomic E-state index is 0.924. The summed E-state index contributed by atoms with van der Waals surface area (Å²) >= 11 is 1.82. The van der Waals surface area contributed by atoms with E-state index in [0.717, 1.165) is 16.7 Å². The molecule has 1 radical (unpaired) electrons. The Morgan fingerprint density at radius 3 is 3.25 bits per heavy atom. The zero-order valence-corrected chi connectivity index (χ0v) is 7.65. The number of thioether (sulfide) groups is 1. The molecule has 0 fully saturated rings. The van der Waals surface area contributed by atoms with Gasteiger partial charge in [0.1, 0.15) is 5.58 Å². The van der Waals surface area contributed by atoms with E-state index in [-0.39, 0.29) is 0 Å². The van der Waals surface area contributed by atoms with Gasteiger partial charge in [0.2, 0.25) is 0 Å². The molecule has 1 heterocycles. The molecule has 0 bridgehead atoms. The lowest BCUT2D eigenvalue weighted by Crippen LogP contribution is -1.71. The fourth-order valence-electron chi connectivity index (χ4n) is 1.14. The topological polar surface area (TPSA) is 13.1 Å². The summed E-state index contributed by atoms with van der Waals surface area (Å²) in [4.78, 5) is 1.26. The van der Waals surface area contributed by atoms with Crippen LogP contribution in [0, 0.1) is 6.26 Å². The molecule has 0 spiro atoms. The van der Waals surface area contributed by atoms with Crippen LogP contribution in [0.15, 0.2) is 33.6 Å². The molecule has 0 unspecified atom stereocenters. The van der Waals surface area contributed by atoms with Crippen molar-refractivity contribution in [2.24, 2.45) is 0 Å². The first-order chi connectivity index (χ1) is 5.90. The molecule has 1 aromatic heterocycles. The molecule has 12 heavy (non-hydrogen) atoms. The van der Waals surface area contributed by atoms with Crippen LogP contribution in [-0.4, -0.2) is 5.75 Å². The highest BCUT2D eigenvalue weighted by molar-refractivity contribution is 7.99. The van der Waals surface area contributed by atoms with Crippen molar-refractivity contribution in [1.29, 1.82) is 0 Å². The Morgan fingerprint density at radius 2 is 2.42 bits per heavy atom. The number of furan rings is 1. The highest BCUT2D eigenvalue weighted by Crippen LogP contribution is 2.23. The predicted molar refractivity (Wildman–Crippen MR) is 51.4 cm³/mol. The highest BCUT2D eigenvalue weighted by atomic mass is 32.2. The molecule has 0 saturated carbocycles. The second-order valence-corrected chi connectivity index (χ2v) is 3.83. The van der Waals surface area contributed by atoms with Crippen LogP contribution in [0.3, 0.4) is 0 Å². The zero-order valence-electron chi connectivity index (χ0n) is 6.83. The van der Waals surface area contributed by atoms with E-state index < -0.39 is 0 Å². The second-order valence-electron chi connectivity index (χ2n) is 2.50. The smallest absolute Gasteiger partial charge is 0.170 e. The first-order valence-electron chi connectivity index (χ1n) is 3.92. The lowest BCUT2D eigenvalue weighted by atomic mass is 10.3. The van der Waals surface area contributed by atoms with Gasteiger partial charge in [0.25, 0.3) is 0 Å². The molecular weight excluding hydrogens is 168 g/mol. The number of benzene rings is 1. The summed E-state index contributed by atoms with van der Waals surface area (Å²) in [5.41, 5.74) is 0.924. The summed E-state index contributed by atoms with van der Waals surface area (Å²) in [6.45, 7) is 2.14. The van der Waals surface area contributed by atoms with Gasteiger partial charge in [0.05, 0.1) is 0 Å². The van der Waals surface area contributed by atoms with E-state index in [4.69, 9.17) is 4.42 Å². The molecule has 0 amide bonds. The fourth-order valence-corrected chi connectivity index (χ4v) is 1.82. The fraction of sp³-hybridized carbons (Fsp3) is 0.200. The number of fused-ring (bicyclic) bond motifs is 1. The largest absolute Gasteiger partial charge is 0.453 e. The minimum absolute atomic E-state index is 0.924. The molecule has 0 aliphatic rings. The Bertz CT molecular complexity index is 378. The third-order valence-corrected chi connectivity index (χ3v) is 2.56. The highest BCUT2D eigenvalue weighted by Gasteiger charge is 1.98. The van der Waals surface area contributed by atoms with Crippen LogP contribution in [0.4, 0.5) is 0 Å². The van der Waals surface area contributed by atoms with E-state index in [1.165, 1.54) is 4.90 Å². The quantitative estimate of drug-likeness (QED) is 0.652. The predicted octanol–water partition coefficient (Wildman–Crippen LogP) is 3.34. The lowest BCUT2D eigenvalue weighted by molar-refractivity contribution is 0.605. The Labute approximate surface area is 75.8 Å². The standard InChI is InChI=1S/C10H9OS/c1-2-12-9-4-3-8-5-6-11-10(8)7-9/h3-5,7H,2H2,1H3. The Hall–Kier alpha value is -0.890. The van der Waals surface area contributed by atoms with E-state index in [2.05, 4.69) is 31.4 Å². The molecule has 1 nitrogen and oxygen atoms in total. The van der Waals surface area contributed by atoms with Gasteiger partial charge in [-0.05, 0) is 30.0 Å². The summed E-state index contributed by atoms with van der Waals surface area (Å²) in [6, 6.07) is 8.09. The Balaban J connectivity index is 2.46. The molecule has 1 aromatic carbocycles. The molecule has 0 atom stereocenters. The molecule has 61 valence electrons. The van der Waals surface area contributed by atoms with Crippen LogP contribution >= 0.6 is 11.8 Å². The van der Waals surface area contributed by atoms with Gasteiger partial charge in [-0.15, -0.1) is 11.8 Å². The molecular formula is C10H9OS. The first kappa shape index (κ1) is 7.74. The molecule has 0 aliphatic carbocycles. The van der Waals surface area contributed by atoms with E-state index in [1.54, 1.807) is 0 Å². The van der Waals surface area contributed by atoms with Crippen molar-refractivity contribution in [1.82, 2.24) is 0 Å². The lowest BCUT2D eigenvalue weighted by Gasteiger charge is -1.96. The average molecular weight is 177 g/mol. The maximum absolute atomic E-state index is 5.17. The van der Waals surface area contributed by atoms with Gasteiger partial charge < -0.3 is 4.42 Å². The van der Waals surface area contributed by atoms with E-state index in [0.29, 0.717) is 0 Å². The SMILES string of the molecule is CCSc1ccc2c[c]oc2c1. The maximum atomic E-state index is 5.17. The van der Waals surface area contributed by atoms with Gasteiger partial charge in [-0.2, -0.15) is 0 Å². The number of rotatable bonds is 2. The van der Waals surface area contributed by atoms with Crippen LogP contribution in [0.2, 0.25) is 0 Å².